The summed E-state index contributed by atoms with van der Waals surface area (Å²) in [6.45, 7) is 4.11. The van der Waals surface area contributed by atoms with Crippen molar-refractivity contribution in [2.45, 2.75) is 26.7 Å². The number of benzene rings is 3. The largest absolute Gasteiger partial charge is 0.497 e. The van der Waals surface area contributed by atoms with Crippen molar-refractivity contribution >= 4 is 17.0 Å². The SMILES string of the molecule is COC(=O)CCc1cc(C)c(-c2nc3ccc(-c4nnc(-c5ccc(OC)cc5)o4)cc3[nH]2)c(C)c1. The highest BCUT2D eigenvalue weighted by Crippen LogP contribution is 2.31. The number of methoxy groups -OCH3 is 2. The highest BCUT2D eigenvalue weighted by molar-refractivity contribution is 5.84. The van der Waals surface area contributed by atoms with Crippen LogP contribution in [0.2, 0.25) is 0 Å². The molecule has 0 saturated carbocycles. The van der Waals surface area contributed by atoms with Gasteiger partial charge in [0.05, 0.1) is 25.3 Å². The monoisotopic (exact) mass is 482 g/mol. The van der Waals surface area contributed by atoms with Crippen LogP contribution >= 0.6 is 0 Å². The molecule has 8 nitrogen and oxygen atoms in total. The number of aromatic amines is 1. The van der Waals surface area contributed by atoms with E-state index in [-0.39, 0.29) is 5.97 Å². The molecule has 36 heavy (non-hydrogen) atoms. The zero-order valence-electron chi connectivity index (χ0n) is 20.6. The summed E-state index contributed by atoms with van der Waals surface area (Å²) in [6.07, 6.45) is 0.999. The quantitative estimate of drug-likeness (QED) is 0.298. The number of aryl methyl sites for hydroxylation is 3. The van der Waals surface area contributed by atoms with Crippen molar-refractivity contribution in [2.75, 3.05) is 14.2 Å². The maximum atomic E-state index is 11.5. The minimum Gasteiger partial charge on any atom is -0.497 e. The van der Waals surface area contributed by atoms with Gasteiger partial charge in [-0.3, -0.25) is 4.79 Å². The molecule has 0 radical (unpaired) electrons. The Kier molecular flexibility index (Phi) is 6.25. The Bertz CT molecular complexity index is 1530. The average Bonchev–Trinajstić information content (AvgIpc) is 3.54. The number of ether oxygens (including phenoxy) is 2. The molecule has 5 rings (SSSR count). The zero-order chi connectivity index (χ0) is 25.2. The number of carbonyl (C=O) groups excluding carboxylic acids is 1. The number of rotatable bonds is 7. The first-order chi connectivity index (χ1) is 17.4. The van der Waals surface area contributed by atoms with E-state index in [4.69, 9.17) is 18.9 Å². The molecule has 0 amide bonds. The number of hydrogen-bond acceptors (Lipinski definition) is 7. The number of imidazole rings is 1. The lowest BCUT2D eigenvalue weighted by Gasteiger charge is -2.10. The van der Waals surface area contributed by atoms with Gasteiger partial charge in [0.15, 0.2) is 0 Å². The van der Waals surface area contributed by atoms with Crippen molar-refractivity contribution in [3.05, 3.63) is 71.3 Å². The van der Waals surface area contributed by atoms with Crippen molar-refractivity contribution < 1.29 is 18.7 Å². The predicted octanol–water partition coefficient (Wildman–Crippen LogP) is 5.68. The lowest BCUT2D eigenvalue weighted by Crippen LogP contribution is -2.02. The number of hydrogen-bond donors (Lipinski definition) is 1. The van der Waals surface area contributed by atoms with Gasteiger partial charge in [0.25, 0.3) is 0 Å². The zero-order valence-corrected chi connectivity index (χ0v) is 20.6. The maximum Gasteiger partial charge on any atom is 0.305 e. The number of fused-ring (bicyclic) bond motifs is 1. The van der Waals surface area contributed by atoms with Crippen LogP contribution in [0.5, 0.6) is 5.75 Å². The molecule has 0 aliphatic rings. The number of H-pyrrole nitrogens is 1. The molecule has 3 aromatic carbocycles. The van der Waals surface area contributed by atoms with Crippen LogP contribution in [0.25, 0.3) is 45.3 Å². The fourth-order valence-corrected chi connectivity index (χ4v) is 4.37. The van der Waals surface area contributed by atoms with Crippen LogP contribution in [0.4, 0.5) is 0 Å². The summed E-state index contributed by atoms with van der Waals surface area (Å²) in [7, 11) is 3.04. The highest BCUT2D eigenvalue weighted by Gasteiger charge is 2.15. The first-order valence-electron chi connectivity index (χ1n) is 11.6. The van der Waals surface area contributed by atoms with Crippen LogP contribution in [0, 0.1) is 13.8 Å². The van der Waals surface area contributed by atoms with Gasteiger partial charge in [-0.15, -0.1) is 10.2 Å². The molecule has 8 heteroatoms. The molecule has 0 unspecified atom stereocenters. The van der Waals surface area contributed by atoms with Crippen molar-refractivity contribution in [2.24, 2.45) is 0 Å². The van der Waals surface area contributed by atoms with Crippen LogP contribution < -0.4 is 4.74 Å². The van der Waals surface area contributed by atoms with Gasteiger partial charge in [0, 0.05) is 23.1 Å². The highest BCUT2D eigenvalue weighted by atomic mass is 16.5. The van der Waals surface area contributed by atoms with Crippen molar-refractivity contribution in [3.8, 4) is 40.0 Å². The lowest BCUT2D eigenvalue weighted by atomic mass is 9.97. The second-order valence-corrected chi connectivity index (χ2v) is 8.64. The molecule has 0 bridgehead atoms. The smallest absolute Gasteiger partial charge is 0.305 e. The molecule has 1 N–H and O–H groups in total. The third-order valence-corrected chi connectivity index (χ3v) is 6.17. The van der Waals surface area contributed by atoms with Gasteiger partial charge < -0.3 is 18.9 Å². The summed E-state index contributed by atoms with van der Waals surface area (Å²) >= 11 is 0. The van der Waals surface area contributed by atoms with Gasteiger partial charge in [0.1, 0.15) is 11.6 Å². The summed E-state index contributed by atoms with van der Waals surface area (Å²) in [5.41, 5.74) is 7.68. The topological polar surface area (TPSA) is 103 Å². The predicted molar refractivity (Wildman–Crippen MR) is 137 cm³/mol. The summed E-state index contributed by atoms with van der Waals surface area (Å²) in [5.74, 6) is 2.22. The average molecular weight is 483 g/mol. The number of esters is 1. The third kappa shape index (κ3) is 4.57. The van der Waals surface area contributed by atoms with Gasteiger partial charge in [0.2, 0.25) is 11.8 Å². The van der Waals surface area contributed by atoms with Gasteiger partial charge in [-0.1, -0.05) is 12.1 Å². The minimum absolute atomic E-state index is 0.208. The Morgan fingerprint density at radius 2 is 1.58 bits per heavy atom. The van der Waals surface area contributed by atoms with E-state index in [2.05, 4.69) is 41.2 Å². The van der Waals surface area contributed by atoms with E-state index in [1.165, 1.54) is 7.11 Å². The standard InChI is InChI=1S/C28H26N4O4/c1-16-13-18(5-12-24(33)35-4)14-17(2)25(16)26-29-22-11-8-20(15-23(22)30-26)28-32-31-27(36-28)19-6-9-21(34-3)10-7-19/h6-11,13-15H,5,12H2,1-4H3,(H,29,30). The van der Waals surface area contributed by atoms with E-state index in [1.54, 1.807) is 7.11 Å². The second-order valence-electron chi connectivity index (χ2n) is 8.64. The number of nitrogens with zero attached hydrogens (tertiary/aromatic N) is 3. The summed E-state index contributed by atoms with van der Waals surface area (Å²) in [5, 5.41) is 8.44. The molecule has 0 atom stereocenters. The van der Waals surface area contributed by atoms with Crippen LogP contribution in [-0.2, 0) is 16.0 Å². The number of nitrogens with one attached hydrogen (secondary N) is 1. The second kappa shape index (κ2) is 9.65. The maximum absolute atomic E-state index is 11.5. The van der Waals surface area contributed by atoms with E-state index in [9.17, 15) is 4.79 Å². The Hall–Kier alpha value is -4.46. The van der Waals surface area contributed by atoms with Crippen LogP contribution in [0.3, 0.4) is 0 Å². The van der Waals surface area contributed by atoms with Gasteiger partial charge in [-0.25, -0.2) is 4.98 Å². The van der Waals surface area contributed by atoms with E-state index in [0.29, 0.717) is 24.6 Å². The lowest BCUT2D eigenvalue weighted by molar-refractivity contribution is -0.140. The van der Waals surface area contributed by atoms with Crippen LogP contribution in [0.15, 0.2) is 59.0 Å². The summed E-state index contributed by atoms with van der Waals surface area (Å²) in [4.78, 5) is 19.8. The van der Waals surface area contributed by atoms with E-state index >= 15 is 0 Å². The third-order valence-electron chi connectivity index (χ3n) is 6.17. The van der Waals surface area contributed by atoms with Crippen LogP contribution in [0.1, 0.15) is 23.1 Å². The molecule has 2 aromatic heterocycles. The molecule has 2 heterocycles. The molecule has 0 aliphatic heterocycles. The summed E-state index contributed by atoms with van der Waals surface area (Å²) < 4.78 is 15.9. The van der Waals surface area contributed by atoms with E-state index in [1.807, 2.05) is 42.5 Å². The van der Waals surface area contributed by atoms with E-state index < -0.39 is 0 Å². The molecule has 0 fully saturated rings. The number of aromatic nitrogens is 4. The molecular formula is C28H26N4O4. The molecule has 182 valence electrons. The Morgan fingerprint density at radius 3 is 2.25 bits per heavy atom. The van der Waals surface area contributed by atoms with Gasteiger partial charge in [-0.2, -0.15) is 0 Å². The Balaban J connectivity index is 1.42. The first kappa shape index (κ1) is 23.3. The van der Waals surface area contributed by atoms with Crippen molar-refractivity contribution in [1.29, 1.82) is 0 Å². The van der Waals surface area contributed by atoms with Crippen molar-refractivity contribution in [3.63, 3.8) is 0 Å². The molecule has 0 spiro atoms. The normalized spacial score (nSPS) is 11.1. The molecule has 0 saturated heterocycles. The fourth-order valence-electron chi connectivity index (χ4n) is 4.37. The molecule has 0 aliphatic carbocycles. The molecular weight excluding hydrogens is 456 g/mol. The van der Waals surface area contributed by atoms with Gasteiger partial charge in [-0.05, 0) is 79.4 Å². The first-order valence-corrected chi connectivity index (χ1v) is 11.6. The number of carbonyl (C=O) groups is 1. The van der Waals surface area contributed by atoms with Gasteiger partial charge >= 0.3 is 5.97 Å². The Labute approximate surface area is 208 Å². The Morgan fingerprint density at radius 1 is 0.917 bits per heavy atom. The van der Waals surface area contributed by atoms with E-state index in [0.717, 1.165) is 56.0 Å². The molecule has 5 aromatic rings. The van der Waals surface area contributed by atoms with Crippen LogP contribution in [-0.4, -0.2) is 40.4 Å². The minimum atomic E-state index is -0.208. The van der Waals surface area contributed by atoms with Crippen molar-refractivity contribution in [1.82, 2.24) is 20.2 Å². The summed E-state index contributed by atoms with van der Waals surface area (Å²) in [6, 6.07) is 17.5. The fraction of sp³-hybridized carbons (Fsp3) is 0.214.